The molecule has 0 radical (unpaired) electrons. The molecule has 0 aromatic heterocycles. The second kappa shape index (κ2) is 8.24. The lowest BCUT2D eigenvalue weighted by Crippen LogP contribution is -2.51. The topological polar surface area (TPSA) is 79.0 Å². The molecule has 1 saturated heterocycles. The molecule has 2 atom stereocenters. The van der Waals surface area contributed by atoms with Crippen molar-refractivity contribution < 1.29 is 17.9 Å². The number of rotatable bonds is 2. The van der Waals surface area contributed by atoms with E-state index in [0.717, 1.165) is 31.4 Å². The molecule has 160 valence electrons. The standard InChI is InChI=1S/C21H31N3O4S/c1-23-13-21(25)24-12-11-18(22-29(2,26)27)20(24)14-28-16-9-7-15(8-10-16)17-5-3-4-6-19(17)23/h3-6,15-16,18,20,22H,7-14H2,1-2H3. The number of carbonyl (C=O) groups excluding carboxylic acids is 1. The summed E-state index contributed by atoms with van der Waals surface area (Å²) in [6.07, 6.45) is 6.09. The van der Waals surface area contributed by atoms with Crippen molar-refractivity contribution in [1.29, 1.82) is 0 Å². The number of benzene rings is 1. The molecule has 2 bridgehead atoms. The Labute approximate surface area is 173 Å². The highest BCUT2D eigenvalue weighted by Gasteiger charge is 2.40. The molecule has 1 N–H and O–H groups in total. The van der Waals surface area contributed by atoms with Crippen LogP contribution in [0.5, 0.6) is 0 Å². The maximum atomic E-state index is 13.2. The molecule has 0 spiro atoms. The van der Waals surface area contributed by atoms with E-state index in [-0.39, 0.29) is 30.6 Å². The summed E-state index contributed by atoms with van der Waals surface area (Å²) in [6, 6.07) is 7.82. The Morgan fingerprint density at radius 3 is 2.55 bits per heavy atom. The monoisotopic (exact) mass is 421 g/mol. The van der Waals surface area contributed by atoms with Crippen molar-refractivity contribution in [2.24, 2.45) is 0 Å². The van der Waals surface area contributed by atoms with E-state index in [1.807, 2.05) is 22.9 Å². The molecule has 1 aromatic rings. The van der Waals surface area contributed by atoms with Crippen LogP contribution in [0.3, 0.4) is 0 Å². The normalized spacial score (nSPS) is 30.9. The van der Waals surface area contributed by atoms with E-state index >= 15 is 0 Å². The zero-order valence-electron chi connectivity index (χ0n) is 17.2. The highest BCUT2D eigenvalue weighted by atomic mass is 32.2. The van der Waals surface area contributed by atoms with Gasteiger partial charge in [-0.15, -0.1) is 0 Å². The van der Waals surface area contributed by atoms with E-state index in [9.17, 15) is 13.2 Å². The number of fused-ring (bicyclic) bond motifs is 5. The lowest BCUT2D eigenvalue weighted by molar-refractivity contribution is -0.132. The Hall–Kier alpha value is -1.64. The van der Waals surface area contributed by atoms with Gasteiger partial charge in [-0.05, 0) is 49.7 Å². The van der Waals surface area contributed by atoms with Gasteiger partial charge in [0.05, 0.1) is 31.6 Å². The molecule has 2 fully saturated rings. The summed E-state index contributed by atoms with van der Waals surface area (Å²) in [5.74, 6) is 0.504. The molecular formula is C21H31N3O4S. The number of amides is 1. The Morgan fingerprint density at radius 2 is 1.83 bits per heavy atom. The van der Waals surface area contributed by atoms with Gasteiger partial charge in [0.2, 0.25) is 15.9 Å². The average molecular weight is 422 g/mol. The van der Waals surface area contributed by atoms with E-state index in [1.54, 1.807) is 0 Å². The minimum Gasteiger partial charge on any atom is -0.376 e. The average Bonchev–Trinajstić information content (AvgIpc) is 3.07. The van der Waals surface area contributed by atoms with Crippen molar-refractivity contribution in [3.8, 4) is 0 Å². The third-order valence-electron chi connectivity index (χ3n) is 6.57. The third kappa shape index (κ3) is 4.59. The maximum Gasteiger partial charge on any atom is 0.242 e. The number of hydrogen-bond acceptors (Lipinski definition) is 5. The minimum atomic E-state index is -3.35. The van der Waals surface area contributed by atoms with Crippen molar-refractivity contribution in [3.05, 3.63) is 29.8 Å². The Bertz CT molecular complexity index is 851. The zero-order chi connectivity index (χ0) is 20.6. The number of carbonyl (C=O) groups is 1. The first kappa shape index (κ1) is 20.6. The lowest BCUT2D eigenvalue weighted by Gasteiger charge is -2.32. The molecule has 4 aliphatic rings. The number of nitrogens with one attached hydrogen (secondary N) is 1. The van der Waals surface area contributed by atoms with Crippen molar-refractivity contribution in [3.63, 3.8) is 0 Å². The van der Waals surface area contributed by atoms with Gasteiger partial charge in [0.25, 0.3) is 0 Å². The van der Waals surface area contributed by atoms with Crippen molar-refractivity contribution in [2.45, 2.75) is 56.2 Å². The molecule has 1 aliphatic carbocycles. The first-order valence-corrected chi connectivity index (χ1v) is 12.4. The fourth-order valence-electron chi connectivity index (χ4n) is 5.12. The first-order chi connectivity index (χ1) is 13.8. The molecule has 29 heavy (non-hydrogen) atoms. The molecule has 1 aromatic carbocycles. The zero-order valence-corrected chi connectivity index (χ0v) is 18.0. The van der Waals surface area contributed by atoms with Gasteiger partial charge < -0.3 is 14.5 Å². The van der Waals surface area contributed by atoms with Crippen LogP contribution in [0.25, 0.3) is 0 Å². The fraction of sp³-hybridized carbons (Fsp3) is 0.667. The van der Waals surface area contributed by atoms with Crippen LogP contribution in [0.15, 0.2) is 24.3 Å². The Balaban J connectivity index is 1.63. The van der Waals surface area contributed by atoms with E-state index < -0.39 is 10.0 Å². The molecule has 8 heteroatoms. The SMILES string of the molecule is CN1CC(=O)N2CCC(NS(C)(=O)=O)C2COC2CCC(CC2)c2ccccc21. The summed E-state index contributed by atoms with van der Waals surface area (Å²) in [5, 5.41) is 0. The molecule has 1 saturated carbocycles. The van der Waals surface area contributed by atoms with Gasteiger partial charge in [0, 0.05) is 25.3 Å². The number of nitrogens with zero attached hydrogens (tertiary/aromatic N) is 2. The molecule has 7 nitrogen and oxygen atoms in total. The number of anilines is 1. The van der Waals surface area contributed by atoms with E-state index in [2.05, 4.69) is 22.9 Å². The van der Waals surface area contributed by atoms with Crippen molar-refractivity contribution >= 4 is 21.6 Å². The van der Waals surface area contributed by atoms with Crippen LogP contribution < -0.4 is 9.62 Å². The molecule has 3 aliphatic heterocycles. The minimum absolute atomic E-state index is 0.0142. The van der Waals surface area contributed by atoms with E-state index in [4.69, 9.17) is 4.74 Å². The Morgan fingerprint density at radius 1 is 1.10 bits per heavy atom. The van der Waals surface area contributed by atoms with Crippen LogP contribution in [0, 0.1) is 0 Å². The Kier molecular flexibility index (Phi) is 5.86. The van der Waals surface area contributed by atoms with Gasteiger partial charge in [0.15, 0.2) is 0 Å². The largest absolute Gasteiger partial charge is 0.376 e. The number of para-hydroxylation sites is 1. The lowest BCUT2D eigenvalue weighted by atomic mass is 9.82. The smallest absolute Gasteiger partial charge is 0.242 e. The van der Waals surface area contributed by atoms with Gasteiger partial charge >= 0.3 is 0 Å². The van der Waals surface area contributed by atoms with Gasteiger partial charge in [0.1, 0.15) is 0 Å². The van der Waals surface area contributed by atoms with Crippen molar-refractivity contribution in [2.75, 3.05) is 37.9 Å². The first-order valence-electron chi connectivity index (χ1n) is 10.5. The molecular weight excluding hydrogens is 390 g/mol. The fourth-order valence-corrected chi connectivity index (χ4v) is 5.94. The van der Waals surface area contributed by atoms with Crippen LogP contribution in [-0.4, -0.2) is 70.4 Å². The summed E-state index contributed by atoms with van der Waals surface area (Å²) in [6.45, 7) is 1.20. The van der Waals surface area contributed by atoms with Crippen LogP contribution >= 0.6 is 0 Å². The maximum absolute atomic E-state index is 13.2. The highest BCUT2D eigenvalue weighted by molar-refractivity contribution is 7.88. The molecule has 5 rings (SSSR count). The second-order valence-electron chi connectivity index (χ2n) is 8.66. The molecule has 2 unspecified atom stereocenters. The highest BCUT2D eigenvalue weighted by Crippen LogP contribution is 2.39. The van der Waals surface area contributed by atoms with Gasteiger partial charge in [-0.2, -0.15) is 0 Å². The van der Waals surface area contributed by atoms with Gasteiger partial charge in [-0.25, -0.2) is 13.1 Å². The number of ether oxygens (including phenoxy) is 1. The summed E-state index contributed by atoms with van der Waals surface area (Å²) in [5.41, 5.74) is 2.43. The van der Waals surface area contributed by atoms with Gasteiger partial charge in [-0.1, -0.05) is 18.2 Å². The predicted molar refractivity (Wildman–Crippen MR) is 113 cm³/mol. The molecule has 1 amide bonds. The second-order valence-corrected chi connectivity index (χ2v) is 10.4. The van der Waals surface area contributed by atoms with Crippen molar-refractivity contribution in [1.82, 2.24) is 9.62 Å². The quantitative estimate of drug-likeness (QED) is 0.786. The summed E-state index contributed by atoms with van der Waals surface area (Å²) >= 11 is 0. The summed E-state index contributed by atoms with van der Waals surface area (Å²) in [7, 11) is -1.38. The van der Waals surface area contributed by atoms with Crippen LogP contribution in [0.1, 0.15) is 43.6 Å². The van der Waals surface area contributed by atoms with E-state index in [1.165, 1.54) is 11.8 Å². The van der Waals surface area contributed by atoms with Gasteiger partial charge in [-0.3, -0.25) is 4.79 Å². The van der Waals surface area contributed by atoms with Crippen LogP contribution in [-0.2, 0) is 19.6 Å². The third-order valence-corrected chi connectivity index (χ3v) is 7.30. The predicted octanol–water partition coefficient (Wildman–Crippen LogP) is 1.70. The number of likely N-dealkylation sites (N-methyl/N-ethyl adjacent to an activating group) is 1. The van der Waals surface area contributed by atoms with E-state index in [0.29, 0.717) is 25.5 Å². The van der Waals surface area contributed by atoms with Crippen LogP contribution in [0.2, 0.25) is 0 Å². The number of hydrogen-bond donors (Lipinski definition) is 1. The molecule has 3 heterocycles. The van der Waals surface area contributed by atoms with Crippen LogP contribution in [0.4, 0.5) is 5.69 Å². The number of sulfonamides is 1. The summed E-state index contributed by atoms with van der Waals surface area (Å²) < 4.78 is 32.6. The summed E-state index contributed by atoms with van der Waals surface area (Å²) in [4.78, 5) is 17.0.